The number of aromatic nitrogens is 5. The lowest BCUT2D eigenvalue weighted by molar-refractivity contribution is -0.128. The lowest BCUT2D eigenvalue weighted by Gasteiger charge is -2.17. The molecule has 1 aromatic carbocycles. The summed E-state index contributed by atoms with van der Waals surface area (Å²) in [5, 5.41) is 7.03. The number of carbonyl (C=O) groups excluding carboxylic acids is 1. The van der Waals surface area contributed by atoms with Crippen molar-refractivity contribution in [3.63, 3.8) is 0 Å². The maximum atomic E-state index is 12.2. The molecule has 5 rings (SSSR count). The smallest absolute Gasteiger partial charge is 0.268 e. The van der Waals surface area contributed by atoms with E-state index in [1.165, 1.54) is 18.1 Å². The Morgan fingerprint density at radius 3 is 2.86 bits per heavy atom. The third kappa shape index (κ3) is 5.39. The molecule has 37 heavy (non-hydrogen) atoms. The molecular formula is C25H27N7O3S2. The van der Waals surface area contributed by atoms with Crippen molar-refractivity contribution in [2.75, 3.05) is 12.3 Å². The van der Waals surface area contributed by atoms with Crippen molar-refractivity contribution in [1.82, 2.24) is 29.8 Å². The number of anilines is 1. The molecule has 1 atom stereocenters. The fraction of sp³-hybridized carbons (Fsp3) is 0.320. The number of hydrogen-bond donors (Lipinski definition) is 2. The third-order valence-corrected chi connectivity index (χ3v) is 7.33. The fourth-order valence-electron chi connectivity index (χ4n) is 3.72. The van der Waals surface area contributed by atoms with E-state index >= 15 is 0 Å². The Labute approximate surface area is 222 Å². The molecule has 4 heterocycles. The van der Waals surface area contributed by atoms with Crippen molar-refractivity contribution in [2.24, 2.45) is 5.41 Å². The molecule has 0 fully saturated rings. The Kier molecular flexibility index (Phi) is 7.02. The van der Waals surface area contributed by atoms with Gasteiger partial charge in [-0.15, -0.1) is 11.3 Å². The van der Waals surface area contributed by atoms with Crippen LogP contribution >= 0.6 is 23.1 Å². The van der Waals surface area contributed by atoms with Gasteiger partial charge in [-0.1, -0.05) is 45.0 Å². The molecule has 0 bridgehead atoms. The van der Waals surface area contributed by atoms with Gasteiger partial charge in [0, 0.05) is 41.2 Å². The number of ether oxygens (including phenoxy) is 2. The highest BCUT2D eigenvalue weighted by atomic mass is 32.2. The molecule has 0 spiro atoms. The highest BCUT2D eigenvalue weighted by molar-refractivity contribution is 8.02. The highest BCUT2D eigenvalue weighted by Gasteiger charge is 2.28. The Balaban J connectivity index is 1.32. The monoisotopic (exact) mass is 537 g/mol. The predicted octanol–water partition coefficient (Wildman–Crippen LogP) is 4.72. The van der Waals surface area contributed by atoms with E-state index in [-0.39, 0.29) is 5.91 Å². The molecule has 1 unspecified atom stereocenters. The number of nitrogens with two attached hydrogens (primary N) is 1. The van der Waals surface area contributed by atoms with E-state index in [0.717, 1.165) is 16.1 Å². The fourth-order valence-corrected chi connectivity index (χ4v) is 5.25. The maximum Gasteiger partial charge on any atom is 0.268 e. The molecule has 3 N–H and O–H groups in total. The van der Waals surface area contributed by atoms with E-state index < -0.39 is 11.7 Å². The zero-order valence-corrected chi connectivity index (χ0v) is 22.3. The zero-order chi connectivity index (χ0) is 26.0. The molecule has 0 saturated heterocycles. The van der Waals surface area contributed by atoms with Gasteiger partial charge in [0.2, 0.25) is 11.0 Å². The van der Waals surface area contributed by atoms with Crippen LogP contribution in [0.4, 0.5) is 5.82 Å². The summed E-state index contributed by atoms with van der Waals surface area (Å²) in [5.41, 5.74) is 8.65. The number of benzene rings is 1. The molecule has 3 aromatic heterocycles. The number of thiazole rings is 1. The number of nitrogens with one attached hydrogen (secondary N) is 1. The number of nitrogen functional groups attached to an aromatic ring is 1. The van der Waals surface area contributed by atoms with Crippen LogP contribution in [0.15, 0.2) is 58.7 Å². The SMILES string of the molecule is CC(C)(C)C(=O)NCCCn1c(SC2=COC(c3ccccc3-c3nccs3)O2)nc2c(N)ncnc21. The van der Waals surface area contributed by atoms with Gasteiger partial charge in [0.15, 0.2) is 22.1 Å². The van der Waals surface area contributed by atoms with Crippen LogP contribution in [-0.2, 0) is 20.8 Å². The number of amides is 1. The molecule has 12 heteroatoms. The number of carbonyl (C=O) groups is 1. The van der Waals surface area contributed by atoms with Crippen LogP contribution in [-0.4, -0.2) is 37.0 Å². The zero-order valence-electron chi connectivity index (χ0n) is 20.7. The summed E-state index contributed by atoms with van der Waals surface area (Å²) in [4.78, 5) is 29.8. The summed E-state index contributed by atoms with van der Waals surface area (Å²) in [6.07, 6.45) is 4.88. The van der Waals surface area contributed by atoms with E-state index in [0.29, 0.717) is 46.7 Å². The van der Waals surface area contributed by atoms with Gasteiger partial charge in [-0.05, 0) is 18.2 Å². The summed E-state index contributed by atoms with van der Waals surface area (Å²) in [7, 11) is 0. The van der Waals surface area contributed by atoms with Crippen LogP contribution in [0.5, 0.6) is 0 Å². The summed E-state index contributed by atoms with van der Waals surface area (Å²) in [6.45, 7) is 6.77. The second-order valence-electron chi connectivity index (χ2n) is 9.39. The number of imidazole rings is 1. The molecule has 1 aliphatic heterocycles. The van der Waals surface area contributed by atoms with Crippen LogP contribution in [0.25, 0.3) is 21.7 Å². The second kappa shape index (κ2) is 10.4. The number of hydrogen-bond acceptors (Lipinski definition) is 10. The maximum absolute atomic E-state index is 12.2. The number of aryl methyl sites for hydroxylation is 1. The normalized spacial score (nSPS) is 15.3. The lowest BCUT2D eigenvalue weighted by Crippen LogP contribution is -2.35. The number of thioether (sulfide) groups is 1. The van der Waals surface area contributed by atoms with Crippen LogP contribution in [0.2, 0.25) is 0 Å². The van der Waals surface area contributed by atoms with Gasteiger partial charge in [0.05, 0.1) is 0 Å². The largest absolute Gasteiger partial charge is 0.454 e. The Hall–Kier alpha value is -3.64. The van der Waals surface area contributed by atoms with Crippen molar-refractivity contribution >= 4 is 46.0 Å². The van der Waals surface area contributed by atoms with E-state index in [1.807, 2.05) is 55.0 Å². The minimum absolute atomic E-state index is 0.00916. The molecule has 0 saturated carbocycles. The second-order valence-corrected chi connectivity index (χ2v) is 11.3. The van der Waals surface area contributed by atoms with Crippen LogP contribution in [0, 0.1) is 5.41 Å². The summed E-state index contributed by atoms with van der Waals surface area (Å²) < 4.78 is 14.0. The van der Waals surface area contributed by atoms with E-state index in [9.17, 15) is 4.79 Å². The molecule has 192 valence electrons. The standard InChI is InChI=1S/C25H27N7O3S2/c1-25(2,3)23(33)28-9-6-11-32-20-18(19(26)29-14-30-20)31-24(32)37-17-13-34-22(35-17)16-8-5-4-7-15(16)21-27-10-12-36-21/h4-5,7-8,10,12-14,22H,6,9,11H2,1-3H3,(H,28,33)(H2,26,29,30). The Morgan fingerprint density at radius 2 is 2.08 bits per heavy atom. The van der Waals surface area contributed by atoms with Crippen molar-refractivity contribution in [3.8, 4) is 10.6 Å². The lowest BCUT2D eigenvalue weighted by atomic mass is 9.96. The summed E-state index contributed by atoms with van der Waals surface area (Å²) >= 11 is 2.89. The Bertz CT molecular complexity index is 1440. The van der Waals surface area contributed by atoms with Crippen molar-refractivity contribution in [1.29, 1.82) is 0 Å². The first-order valence-corrected chi connectivity index (χ1v) is 13.4. The topological polar surface area (TPSA) is 130 Å². The van der Waals surface area contributed by atoms with E-state index in [1.54, 1.807) is 23.8 Å². The van der Waals surface area contributed by atoms with Gasteiger partial charge >= 0.3 is 0 Å². The first-order valence-electron chi connectivity index (χ1n) is 11.7. The molecule has 1 amide bonds. The van der Waals surface area contributed by atoms with Crippen LogP contribution in [0.3, 0.4) is 0 Å². The number of rotatable bonds is 8. The average molecular weight is 538 g/mol. The summed E-state index contributed by atoms with van der Waals surface area (Å²) in [5.74, 6) is 0.314. The first-order chi connectivity index (χ1) is 17.8. The quantitative estimate of drug-likeness (QED) is 0.307. The number of fused-ring (bicyclic) bond motifs is 1. The van der Waals surface area contributed by atoms with Crippen LogP contribution < -0.4 is 11.1 Å². The van der Waals surface area contributed by atoms with Gasteiger partial charge in [-0.3, -0.25) is 4.79 Å². The van der Waals surface area contributed by atoms with Gasteiger partial charge in [0.25, 0.3) is 6.29 Å². The minimum atomic E-state index is -0.599. The van der Waals surface area contributed by atoms with Crippen LogP contribution in [0.1, 0.15) is 39.0 Å². The molecule has 4 aromatic rings. The van der Waals surface area contributed by atoms with Gasteiger partial charge in [0.1, 0.15) is 17.6 Å². The molecule has 10 nitrogen and oxygen atoms in total. The van der Waals surface area contributed by atoms with Crippen molar-refractivity contribution in [2.45, 2.75) is 45.2 Å². The molecule has 0 radical (unpaired) electrons. The highest BCUT2D eigenvalue weighted by Crippen LogP contribution is 2.41. The van der Waals surface area contributed by atoms with E-state index in [4.69, 9.17) is 15.2 Å². The first kappa shape index (κ1) is 25.0. The molecule has 0 aliphatic carbocycles. The Morgan fingerprint density at radius 1 is 1.24 bits per heavy atom. The summed E-state index contributed by atoms with van der Waals surface area (Å²) in [6, 6.07) is 7.89. The molecular weight excluding hydrogens is 510 g/mol. The van der Waals surface area contributed by atoms with E-state index in [2.05, 4.69) is 25.3 Å². The molecule has 1 aliphatic rings. The minimum Gasteiger partial charge on any atom is -0.454 e. The van der Waals surface area contributed by atoms with Gasteiger partial charge < -0.3 is 25.1 Å². The van der Waals surface area contributed by atoms with Gasteiger partial charge in [-0.2, -0.15) is 0 Å². The van der Waals surface area contributed by atoms with Crippen molar-refractivity contribution < 1.29 is 14.3 Å². The predicted molar refractivity (Wildman–Crippen MR) is 143 cm³/mol. The van der Waals surface area contributed by atoms with Crippen molar-refractivity contribution in [3.05, 3.63) is 59.1 Å². The number of nitrogens with zero attached hydrogens (tertiary/aromatic N) is 5. The third-order valence-electron chi connectivity index (χ3n) is 5.63. The average Bonchev–Trinajstić information content (AvgIpc) is 3.63. The van der Waals surface area contributed by atoms with Gasteiger partial charge in [-0.25, -0.2) is 19.9 Å².